The SMILES string of the molecule is CCOC(=O)CC1Nc2c(C(=O)OCC)c3ccccc3c(=O)n2-c2ccccc21. The highest BCUT2D eigenvalue weighted by Crippen LogP contribution is 2.37. The van der Waals surface area contributed by atoms with Crippen molar-refractivity contribution in [1.82, 2.24) is 4.57 Å². The highest BCUT2D eigenvalue weighted by Gasteiger charge is 2.32. The number of nitrogens with zero attached hydrogens (tertiary/aromatic N) is 1. The van der Waals surface area contributed by atoms with Crippen molar-refractivity contribution < 1.29 is 19.1 Å². The van der Waals surface area contributed by atoms with E-state index in [1.807, 2.05) is 24.3 Å². The van der Waals surface area contributed by atoms with Crippen LogP contribution in [0.3, 0.4) is 0 Å². The lowest BCUT2D eigenvalue weighted by Gasteiger charge is -2.32. The number of carbonyl (C=O) groups excluding carboxylic acids is 2. The molecule has 1 aliphatic heterocycles. The van der Waals surface area contributed by atoms with Crippen LogP contribution in [-0.4, -0.2) is 29.7 Å². The van der Waals surface area contributed by atoms with Crippen molar-refractivity contribution in [2.24, 2.45) is 0 Å². The van der Waals surface area contributed by atoms with Crippen molar-refractivity contribution in [2.45, 2.75) is 26.3 Å². The van der Waals surface area contributed by atoms with Gasteiger partial charge in [-0.2, -0.15) is 0 Å². The van der Waals surface area contributed by atoms with Crippen LogP contribution < -0.4 is 10.9 Å². The van der Waals surface area contributed by atoms with Crippen molar-refractivity contribution >= 4 is 28.5 Å². The maximum atomic E-state index is 13.4. The number of hydrogen-bond donors (Lipinski definition) is 1. The van der Waals surface area contributed by atoms with Gasteiger partial charge in [0.2, 0.25) is 0 Å². The normalized spacial score (nSPS) is 14.4. The number of hydrogen-bond acceptors (Lipinski definition) is 6. The number of esters is 2. The van der Waals surface area contributed by atoms with Crippen LogP contribution in [0, 0.1) is 0 Å². The Balaban J connectivity index is 2.00. The fourth-order valence-electron chi connectivity index (χ4n) is 3.90. The zero-order valence-corrected chi connectivity index (χ0v) is 16.8. The van der Waals surface area contributed by atoms with Crippen molar-refractivity contribution in [1.29, 1.82) is 0 Å². The Bertz CT molecular complexity index is 1200. The van der Waals surface area contributed by atoms with E-state index in [-0.39, 0.29) is 36.7 Å². The third-order valence-corrected chi connectivity index (χ3v) is 5.11. The maximum Gasteiger partial charge on any atom is 0.342 e. The van der Waals surface area contributed by atoms with Gasteiger partial charge in [0.1, 0.15) is 11.4 Å². The van der Waals surface area contributed by atoms with Gasteiger partial charge in [0, 0.05) is 10.8 Å². The second kappa shape index (κ2) is 8.02. The summed E-state index contributed by atoms with van der Waals surface area (Å²) in [4.78, 5) is 38.5. The first kappa shape index (κ1) is 19.7. The summed E-state index contributed by atoms with van der Waals surface area (Å²) in [6.45, 7) is 3.96. The molecule has 1 unspecified atom stereocenters. The average molecular weight is 406 g/mol. The molecule has 3 aromatic rings. The van der Waals surface area contributed by atoms with E-state index in [9.17, 15) is 14.4 Å². The Kier molecular flexibility index (Phi) is 5.27. The summed E-state index contributed by atoms with van der Waals surface area (Å²) in [6.07, 6.45) is 0.0636. The predicted molar refractivity (Wildman–Crippen MR) is 113 cm³/mol. The summed E-state index contributed by atoms with van der Waals surface area (Å²) in [5.74, 6) is -0.566. The second-order valence-corrected chi connectivity index (χ2v) is 6.90. The molecule has 4 rings (SSSR count). The van der Waals surface area contributed by atoms with Crippen LogP contribution in [0.1, 0.15) is 42.2 Å². The molecule has 0 saturated heterocycles. The van der Waals surface area contributed by atoms with Crippen LogP contribution in [0.4, 0.5) is 5.82 Å². The highest BCUT2D eigenvalue weighted by atomic mass is 16.5. The van der Waals surface area contributed by atoms with Crippen LogP contribution in [-0.2, 0) is 14.3 Å². The number of rotatable bonds is 5. The molecule has 0 fully saturated rings. The number of pyridine rings is 1. The summed E-state index contributed by atoms with van der Waals surface area (Å²) in [5.41, 5.74) is 1.44. The molecule has 0 bridgehead atoms. The Morgan fingerprint density at radius 1 is 0.967 bits per heavy atom. The molecule has 1 atom stereocenters. The summed E-state index contributed by atoms with van der Waals surface area (Å²) >= 11 is 0. The van der Waals surface area contributed by atoms with Gasteiger partial charge < -0.3 is 14.8 Å². The van der Waals surface area contributed by atoms with Gasteiger partial charge in [-0.1, -0.05) is 36.4 Å². The molecule has 154 valence electrons. The van der Waals surface area contributed by atoms with E-state index in [4.69, 9.17) is 9.47 Å². The van der Waals surface area contributed by atoms with Gasteiger partial charge in [0.05, 0.1) is 31.4 Å². The largest absolute Gasteiger partial charge is 0.466 e. The number of fused-ring (bicyclic) bond motifs is 4. The van der Waals surface area contributed by atoms with E-state index in [1.54, 1.807) is 38.1 Å². The zero-order valence-electron chi connectivity index (χ0n) is 16.8. The Hall–Kier alpha value is -3.61. The van der Waals surface area contributed by atoms with E-state index >= 15 is 0 Å². The minimum atomic E-state index is -0.529. The molecular weight excluding hydrogens is 384 g/mol. The summed E-state index contributed by atoms with van der Waals surface area (Å²) in [7, 11) is 0. The Morgan fingerprint density at radius 2 is 1.63 bits per heavy atom. The molecule has 2 aromatic carbocycles. The number of ether oxygens (including phenoxy) is 2. The fraction of sp³-hybridized carbons (Fsp3) is 0.261. The number of aromatic nitrogens is 1. The zero-order chi connectivity index (χ0) is 21.3. The minimum absolute atomic E-state index is 0.0636. The molecule has 1 aliphatic rings. The van der Waals surface area contributed by atoms with Crippen LogP contribution in [0.25, 0.3) is 16.5 Å². The van der Waals surface area contributed by atoms with Gasteiger partial charge in [-0.3, -0.25) is 14.2 Å². The first-order valence-corrected chi connectivity index (χ1v) is 9.93. The molecule has 30 heavy (non-hydrogen) atoms. The van der Waals surface area contributed by atoms with Gasteiger partial charge in [0.15, 0.2) is 0 Å². The third kappa shape index (κ3) is 3.22. The summed E-state index contributed by atoms with van der Waals surface area (Å²) in [5, 5.41) is 4.17. The molecule has 0 radical (unpaired) electrons. The molecule has 0 spiro atoms. The molecule has 0 aliphatic carbocycles. The molecule has 7 heteroatoms. The summed E-state index contributed by atoms with van der Waals surface area (Å²) in [6, 6.07) is 13.8. The molecular formula is C23H22N2O5. The number of carbonyl (C=O) groups is 2. The van der Waals surface area contributed by atoms with Crippen molar-refractivity contribution in [3.05, 3.63) is 70.0 Å². The van der Waals surface area contributed by atoms with E-state index in [0.717, 1.165) is 5.56 Å². The molecule has 1 N–H and O–H groups in total. The number of para-hydroxylation sites is 1. The molecule has 0 saturated carbocycles. The topological polar surface area (TPSA) is 86.6 Å². The van der Waals surface area contributed by atoms with Crippen molar-refractivity contribution in [3.8, 4) is 5.69 Å². The molecule has 1 aromatic heterocycles. The van der Waals surface area contributed by atoms with Crippen LogP contribution in [0.2, 0.25) is 0 Å². The smallest absolute Gasteiger partial charge is 0.342 e. The van der Waals surface area contributed by atoms with Crippen molar-refractivity contribution in [3.63, 3.8) is 0 Å². The number of anilines is 1. The first-order valence-electron chi connectivity index (χ1n) is 9.93. The number of benzene rings is 2. The van der Waals surface area contributed by atoms with E-state index in [1.165, 1.54) is 4.57 Å². The summed E-state index contributed by atoms with van der Waals surface area (Å²) < 4.78 is 11.9. The lowest BCUT2D eigenvalue weighted by atomic mass is 9.96. The monoisotopic (exact) mass is 406 g/mol. The van der Waals surface area contributed by atoms with Gasteiger partial charge in [-0.25, -0.2) is 4.79 Å². The van der Waals surface area contributed by atoms with Gasteiger partial charge in [0.25, 0.3) is 5.56 Å². The maximum absolute atomic E-state index is 13.4. The first-order chi connectivity index (χ1) is 14.6. The van der Waals surface area contributed by atoms with Crippen molar-refractivity contribution in [2.75, 3.05) is 18.5 Å². The standard InChI is InChI=1S/C23H22N2O5/c1-3-29-19(26)13-17-16-11-7-8-12-18(16)25-21(24-17)20(23(28)30-4-2)14-9-5-6-10-15(14)22(25)27/h5-12,17,24H,3-4,13H2,1-2H3. The second-order valence-electron chi connectivity index (χ2n) is 6.90. The van der Waals surface area contributed by atoms with Gasteiger partial charge in [-0.05, 0) is 31.5 Å². The minimum Gasteiger partial charge on any atom is -0.466 e. The molecule has 7 nitrogen and oxygen atoms in total. The van der Waals surface area contributed by atoms with E-state index in [0.29, 0.717) is 22.3 Å². The van der Waals surface area contributed by atoms with E-state index < -0.39 is 12.0 Å². The average Bonchev–Trinajstić information content (AvgIpc) is 2.74. The van der Waals surface area contributed by atoms with E-state index in [2.05, 4.69) is 5.32 Å². The lowest BCUT2D eigenvalue weighted by Crippen LogP contribution is -2.33. The Labute approximate surface area is 173 Å². The Morgan fingerprint density at radius 3 is 2.37 bits per heavy atom. The highest BCUT2D eigenvalue weighted by molar-refractivity contribution is 6.09. The molecule has 0 amide bonds. The van der Waals surface area contributed by atoms with Gasteiger partial charge in [-0.15, -0.1) is 0 Å². The third-order valence-electron chi connectivity index (χ3n) is 5.11. The van der Waals surface area contributed by atoms with Crippen LogP contribution >= 0.6 is 0 Å². The van der Waals surface area contributed by atoms with Crippen LogP contribution in [0.15, 0.2) is 53.3 Å². The fourth-order valence-corrected chi connectivity index (χ4v) is 3.90. The molecule has 2 heterocycles. The predicted octanol–water partition coefficient (Wildman–Crippen LogP) is 3.59. The van der Waals surface area contributed by atoms with Gasteiger partial charge >= 0.3 is 11.9 Å². The number of nitrogens with one attached hydrogen (secondary N) is 1. The van der Waals surface area contributed by atoms with Crippen LogP contribution in [0.5, 0.6) is 0 Å². The quantitative estimate of drug-likeness (QED) is 0.652. The lowest BCUT2D eigenvalue weighted by molar-refractivity contribution is -0.143.